The normalized spacial score (nSPS) is 10.8. The van der Waals surface area contributed by atoms with Crippen LogP contribution < -0.4 is 0 Å². The highest BCUT2D eigenvalue weighted by atomic mass is 16.6. The number of benzene rings is 1. The van der Waals surface area contributed by atoms with Crippen LogP contribution in [0.15, 0.2) is 30.4 Å². The van der Waals surface area contributed by atoms with Gasteiger partial charge in [0.05, 0.1) is 19.1 Å². The summed E-state index contributed by atoms with van der Waals surface area (Å²) in [4.78, 5) is 32.4. The molecule has 1 aromatic rings. The Labute approximate surface area is 120 Å². The zero-order valence-corrected chi connectivity index (χ0v) is 11.4. The van der Waals surface area contributed by atoms with Crippen molar-refractivity contribution in [2.75, 3.05) is 14.2 Å². The van der Waals surface area contributed by atoms with Crippen molar-refractivity contribution in [3.8, 4) is 0 Å². The predicted octanol–water partition coefficient (Wildman–Crippen LogP) is 1.97. The van der Waals surface area contributed by atoms with Gasteiger partial charge < -0.3 is 9.47 Å². The summed E-state index contributed by atoms with van der Waals surface area (Å²) in [5.74, 6) is -1.15. The molecule has 0 fully saturated rings. The smallest absolute Gasteiger partial charge is 0.330 e. The Balaban J connectivity index is 3.19. The highest BCUT2D eigenvalue weighted by Gasteiger charge is 2.08. The van der Waals surface area contributed by atoms with E-state index in [2.05, 4.69) is 9.47 Å². The Kier molecular flexibility index (Phi) is 5.81. The molecule has 21 heavy (non-hydrogen) atoms. The molecule has 0 aliphatic rings. The standard InChI is InChI=1S/C14H13NO6/c1-20-13(16)7-4-10-3-6-12(15(18)19)9-11(10)5-8-14(17)21-2/h3-9H,1-2H3/b7-4+,8-5+. The summed E-state index contributed by atoms with van der Waals surface area (Å²) in [5, 5.41) is 10.8. The molecule has 0 bridgehead atoms. The van der Waals surface area contributed by atoms with Crippen molar-refractivity contribution in [3.63, 3.8) is 0 Å². The van der Waals surface area contributed by atoms with Crippen molar-refractivity contribution in [1.82, 2.24) is 0 Å². The van der Waals surface area contributed by atoms with Crippen LogP contribution in [-0.2, 0) is 19.1 Å². The zero-order chi connectivity index (χ0) is 15.8. The number of hydrogen-bond acceptors (Lipinski definition) is 6. The molecule has 0 saturated heterocycles. The quantitative estimate of drug-likeness (QED) is 0.356. The lowest BCUT2D eigenvalue weighted by Gasteiger charge is -2.01. The minimum absolute atomic E-state index is 0.130. The molecule has 0 amide bonds. The molecular weight excluding hydrogens is 278 g/mol. The van der Waals surface area contributed by atoms with Gasteiger partial charge in [0.15, 0.2) is 0 Å². The second kappa shape index (κ2) is 7.59. The van der Waals surface area contributed by atoms with Crippen molar-refractivity contribution in [2.24, 2.45) is 0 Å². The van der Waals surface area contributed by atoms with Crippen molar-refractivity contribution in [3.05, 3.63) is 51.6 Å². The second-order valence-electron chi connectivity index (χ2n) is 3.78. The van der Waals surface area contributed by atoms with Crippen LogP contribution in [0.1, 0.15) is 11.1 Å². The number of ether oxygens (including phenoxy) is 2. The van der Waals surface area contributed by atoms with Gasteiger partial charge in [0.2, 0.25) is 0 Å². The fourth-order valence-corrected chi connectivity index (χ4v) is 1.42. The first kappa shape index (κ1) is 16.1. The fraction of sp³-hybridized carbons (Fsp3) is 0.143. The van der Waals surface area contributed by atoms with Gasteiger partial charge >= 0.3 is 11.9 Å². The maximum Gasteiger partial charge on any atom is 0.330 e. The molecule has 0 unspecified atom stereocenters. The third-order valence-corrected chi connectivity index (χ3v) is 2.48. The van der Waals surface area contributed by atoms with Gasteiger partial charge in [0.25, 0.3) is 5.69 Å². The number of methoxy groups -OCH3 is 2. The summed E-state index contributed by atoms with van der Waals surface area (Å²) in [6, 6.07) is 4.05. The molecule has 0 N–H and O–H groups in total. The maximum absolute atomic E-state index is 11.1. The molecule has 7 nitrogen and oxygen atoms in total. The van der Waals surface area contributed by atoms with Crippen LogP contribution in [0.25, 0.3) is 12.2 Å². The molecule has 1 rings (SSSR count). The molecule has 0 aromatic heterocycles. The van der Waals surface area contributed by atoms with Crippen LogP contribution >= 0.6 is 0 Å². The molecular formula is C14H13NO6. The Hall–Kier alpha value is -2.96. The van der Waals surface area contributed by atoms with E-state index in [4.69, 9.17) is 0 Å². The number of carbonyl (C=O) groups excluding carboxylic acids is 2. The van der Waals surface area contributed by atoms with Crippen LogP contribution in [0.5, 0.6) is 0 Å². The summed E-state index contributed by atoms with van der Waals surface area (Å²) in [6.45, 7) is 0. The zero-order valence-electron chi connectivity index (χ0n) is 11.4. The lowest BCUT2D eigenvalue weighted by atomic mass is 10.1. The number of carbonyl (C=O) groups is 2. The van der Waals surface area contributed by atoms with Crippen molar-refractivity contribution < 1.29 is 24.0 Å². The maximum atomic E-state index is 11.1. The number of esters is 2. The van der Waals surface area contributed by atoms with E-state index >= 15 is 0 Å². The molecule has 0 atom stereocenters. The monoisotopic (exact) mass is 291 g/mol. The molecule has 1 aromatic carbocycles. The third kappa shape index (κ3) is 4.90. The van der Waals surface area contributed by atoms with Crippen molar-refractivity contribution in [2.45, 2.75) is 0 Å². The lowest BCUT2D eigenvalue weighted by molar-refractivity contribution is -0.384. The van der Waals surface area contributed by atoms with Gasteiger partial charge in [-0.15, -0.1) is 0 Å². The van der Waals surface area contributed by atoms with E-state index in [1.165, 1.54) is 50.6 Å². The van der Waals surface area contributed by atoms with E-state index in [-0.39, 0.29) is 5.69 Å². The second-order valence-corrected chi connectivity index (χ2v) is 3.78. The van der Waals surface area contributed by atoms with Gasteiger partial charge in [-0.1, -0.05) is 0 Å². The van der Waals surface area contributed by atoms with E-state index in [1.807, 2.05) is 0 Å². The van der Waals surface area contributed by atoms with Gasteiger partial charge in [-0.05, 0) is 29.3 Å². The number of nitrogens with zero attached hydrogens (tertiary/aromatic N) is 1. The highest BCUT2D eigenvalue weighted by Crippen LogP contribution is 2.20. The molecule has 0 aliphatic heterocycles. The Bertz CT molecular complexity index is 618. The third-order valence-electron chi connectivity index (χ3n) is 2.48. The topological polar surface area (TPSA) is 95.7 Å². The summed E-state index contributed by atoms with van der Waals surface area (Å²) in [7, 11) is 2.46. The van der Waals surface area contributed by atoms with Crippen LogP contribution in [0.4, 0.5) is 5.69 Å². The van der Waals surface area contributed by atoms with Crippen LogP contribution in [-0.4, -0.2) is 31.1 Å². The van der Waals surface area contributed by atoms with E-state index in [9.17, 15) is 19.7 Å². The van der Waals surface area contributed by atoms with Gasteiger partial charge in [0.1, 0.15) is 0 Å². The SMILES string of the molecule is COC(=O)/C=C/c1ccc([N+](=O)[O-])cc1/C=C/C(=O)OC. The van der Waals surface area contributed by atoms with Crippen LogP contribution in [0.2, 0.25) is 0 Å². The minimum Gasteiger partial charge on any atom is -0.466 e. The Morgan fingerprint density at radius 1 is 1.05 bits per heavy atom. The minimum atomic E-state index is -0.593. The van der Waals surface area contributed by atoms with Crippen molar-refractivity contribution >= 4 is 29.8 Å². The average Bonchev–Trinajstić information content (AvgIpc) is 2.50. The number of rotatable bonds is 5. The lowest BCUT2D eigenvalue weighted by Crippen LogP contribution is -1.96. The van der Waals surface area contributed by atoms with Crippen molar-refractivity contribution in [1.29, 1.82) is 0 Å². The van der Waals surface area contributed by atoms with E-state index in [0.29, 0.717) is 11.1 Å². The van der Waals surface area contributed by atoms with Crippen LogP contribution in [0, 0.1) is 10.1 Å². The van der Waals surface area contributed by atoms with Gasteiger partial charge in [-0.3, -0.25) is 10.1 Å². The van der Waals surface area contributed by atoms with Gasteiger partial charge in [-0.25, -0.2) is 9.59 Å². The molecule has 0 spiro atoms. The van der Waals surface area contributed by atoms with E-state index in [0.717, 1.165) is 6.08 Å². The first-order valence-corrected chi connectivity index (χ1v) is 5.78. The van der Waals surface area contributed by atoms with E-state index < -0.39 is 16.9 Å². The molecule has 0 aliphatic carbocycles. The molecule has 0 saturated carbocycles. The first-order valence-electron chi connectivity index (χ1n) is 5.78. The van der Waals surface area contributed by atoms with Gasteiger partial charge in [0, 0.05) is 24.3 Å². The molecule has 7 heteroatoms. The summed E-state index contributed by atoms with van der Waals surface area (Å²) < 4.78 is 8.92. The number of nitro groups is 1. The van der Waals surface area contributed by atoms with E-state index in [1.54, 1.807) is 0 Å². The first-order chi connectivity index (χ1) is 9.97. The number of nitro benzene ring substituents is 1. The summed E-state index contributed by atoms with van der Waals surface area (Å²) >= 11 is 0. The summed E-state index contributed by atoms with van der Waals surface area (Å²) in [6.07, 6.45) is 5.12. The highest BCUT2D eigenvalue weighted by molar-refractivity contribution is 5.90. The summed E-state index contributed by atoms with van der Waals surface area (Å²) in [5.41, 5.74) is 0.788. The fourth-order valence-electron chi connectivity index (χ4n) is 1.42. The number of non-ortho nitro benzene ring substituents is 1. The van der Waals surface area contributed by atoms with Crippen LogP contribution in [0.3, 0.4) is 0 Å². The Morgan fingerprint density at radius 2 is 1.57 bits per heavy atom. The predicted molar refractivity (Wildman–Crippen MR) is 75.2 cm³/mol. The average molecular weight is 291 g/mol. The number of hydrogen-bond donors (Lipinski definition) is 0. The Morgan fingerprint density at radius 3 is 2.05 bits per heavy atom. The molecule has 110 valence electrons. The largest absolute Gasteiger partial charge is 0.466 e. The van der Waals surface area contributed by atoms with Gasteiger partial charge in [-0.2, -0.15) is 0 Å². The molecule has 0 heterocycles. The molecule has 0 radical (unpaired) electrons.